The number of nitrogens with zero attached hydrogens (tertiary/aromatic N) is 2. The van der Waals surface area contributed by atoms with Crippen LogP contribution in [0.15, 0.2) is 41.1 Å². The van der Waals surface area contributed by atoms with Crippen molar-refractivity contribution in [2.24, 2.45) is 0 Å². The fourth-order valence-corrected chi connectivity index (χ4v) is 2.92. The highest BCUT2D eigenvalue weighted by molar-refractivity contribution is 9.10. The van der Waals surface area contributed by atoms with Gasteiger partial charge in [-0.3, -0.25) is 4.57 Å². The second kappa shape index (κ2) is 5.04. The highest BCUT2D eigenvalue weighted by Crippen LogP contribution is 2.27. The Balaban J connectivity index is 2.22. The molecular formula is C16H15BrN2O. The summed E-state index contributed by atoms with van der Waals surface area (Å²) in [6, 6.07) is 10.1. The van der Waals surface area contributed by atoms with Gasteiger partial charge in [0, 0.05) is 4.47 Å². The molecule has 2 aromatic carbocycles. The average molecular weight is 331 g/mol. The van der Waals surface area contributed by atoms with Crippen LogP contribution in [0.25, 0.3) is 16.7 Å². The Hall–Kier alpha value is -1.65. The van der Waals surface area contributed by atoms with Crippen LogP contribution in [-0.4, -0.2) is 14.7 Å². The summed E-state index contributed by atoms with van der Waals surface area (Å²) in [5.74, 6) is 0. The van der Waals surface area contributed by atoms with Gasteiger partial charge >= 0.3 is 0 Å². The van der Waals surface area contributed by atoms with E-state index in [2.05, 4.69) is 51.5 Å². The van der Waals surface area contributed by atoms with E-state index in [9.17, 15) is 5.11 Å². The van der Waals surface area contributed by atoms with Crippen LogP contribution in [0.2, 0.25) is 0 Å². The maximum Gasteiger partial charge on any atom is 0.100 e. The minimum atomic E-state index is 0.0435. The van der Waals surface area contributed by atoms with E-state index in [0.29, 0.717) is 0 Å². The second-order valence-corrected chi connectivity index (χ2v) is 5.84. The molecule has 0 atom stereocenters. The molecule has 0 aliphatic heterocycles. The third-order valence-corrected chi connectivity index (χ3v) is 4.25. The molecule has 3 nitrogen and oxygen atoms in total. The summed E-state index contributed by atoms with van der Waals surface area (Å²) in [7, 11) is 0. The van der Waals surface area contributed by atoms with E-state index in [1.165, 1.54) is 11.1 Å². The van der Waals surface area contributed by atoms with Gasteiger partial charge in [-0.05, 0) is 70.7 Å². The molecule has 0 fully saturated rings. The minimum absolute atomic E-state index is 0.0435. The fourth-order valence-electron chi connectivity index (χ4n) is 2.30. The van der Waals surface area contributed by atoms with Gasteiger partial charge in [0.2, 0.25) is 0 Å². The lowest BCUT2D eigenvalue weighted by atomic mass is 10.1. The Morgan fingerprint density at radius 2 is 1.90 bits per heavy atom. The van der Waals surface area contributed by atoms with Gasteiger partial charge in [-0.25, -0.2) is 4.98 Å². The Kier molecular flexibility index (Phi) is 3.36. The Labute approximate surface area is 126 Å². The number of benzene rings is 2. The van der Waals surface area contributed by atoms with Crippen LogP contribution in [-0.2, 0) is 6.61 Å². The van der Waals surface area contributed by atoms with Crippen molar-refractivity contribution in [2.45, 2.75) is 20.5 Å². The first kappa shape index (κ1) is 13.3. The van der Waals surface area contributed by atoms with Gasteiger partial charge < -0.3 is 5.11 Å². The molecule has 102 valence electrons. The molecule has 4 heteroatoms. The van der Waals surface area contributed by atoms with Crippen molar-refractivity contribution < 1.29 is 5.11 Å². The molecule has 0 radical (unpaired) electrons. The van der Waals surface area contributed by atoms with Crippen molar-refractivity contribution in [2.75, 3.05) is 0 Å². The summed E-state index contributed by atoms with van der Waals surface area (Å²) in [6.07, 6.45) is 1.84. The summed E-state index contributed by atoms with van der Waals surface area (Å²) in [6.45, 7) is 4.25. The highest BCUT2D eigenvalue weighted by Gasteiger charge is 2.09. The summed E-state index contributed by atoms with van der Waals surface area (Å²) >= 11 is 3.57. The van der Waals surface area contributed by atoms with E-state index in [-0.39, 0.29) is 6.61 Å². The van der Waals surface area contributed by atoms with Gasteiger partial charge in [-0.1, -0.05) is 6.07 Å². The molecule has 0 saturated carbocycles. The molecular weight excluding hydrogens is 316 g/mol. The van der Waals surface area contributed by atoms with Crippen LogP contribution in [0.4, 0.5) is 0 Å². The first-order chi connectivity index (χ1) is 9.60. The zero-order chi connectivity index (χ0) is 14.3. The molecule has 0 saturated heterocycles. The molecule has 1 heterocycles. The van der Waals surface area contributed by atoms with Gasteiger partial charge in [-0.15, -0.1) is 0 Å². The van der Waals surface area contributed by atoms with Crippen LogP contribution in [0.1, 0.15) is 16.7 Å². The molecule has 20 heavy (non-hydrogen) atoms. The Morgan fingerprint density at radius 1 is 1.15 bits per heavy atom. The molecule has 3 rings (SSSR count). The zero-order valence-corrected chi connectivity index (χ0v) is 13.0. The van der Waals surface area contributed by atoms with Crippen molar-refractivity contribution in [3.05, 3.63) is 57.8 Å². The van der Waals surface area contributed by atoms with Crippen molar-refractivity contribution in [1.29, 1.82) is 0 Å². The maximum atomic E-state index is 9.18. The molecule has 0 spiro atoms. The van der Waals surface area contributed by atoms with E-state index in [1.54, 1.807) is 0 Å². The quantitative estimate of drug-likeness (QED) is 0.773. The summed E-state index contributed by atoms with van der Waals surface area (Å²) < 4.78 is 3.01. The Morgan fingerprint density at radius 3 is 2.60 bits per heavy atom. The van der Waals surface area contributed by atoms with E-state index < -0.39 is 0 Å². The molecule has 0 amide bonds. The lowest BCUT2D eigenvalue weighted by Crippen LogP contribution is -1.95. The predicted molar refractivity (Wildman–Crippen MR) is 84.2 cm³/mol. The SMILES string of the molecule is Cc1cc2ncn(-c3ccc(CO)cc3Br)c2cc1C. The summed E-state index contributed by atoms with van der Waals surface area (Å²) in [5, 5.41) is 9.18. The van der Waals surface area contributed by atoms with Gasteiger partial charge in [0.25, 0.3) is 0 Å². The van der Waals surface area contributed by atoms with Gasteiger partial charge in [0.1, 0.15) is 6.33 Å². The minimum Gasteiger partial charge on any atom is -0.392 e. The standard InChI is InChI=1S/C16H15BrN2O/c1-10-5-14-16(6-11(10)2)19(9-18-14)15-4-3-12(8-20)7-13(15)17/h3-7,9,20H,8H2,1-2H3. The van der Waals surface area contributed by atoms with Crippen LogP contribution in [0.5, 0.6) is 0 Å². The number of imidazole rings is 1. The van der Waals surface area contributed by atoms with Crippen molar-refractivity contribution in [1.82, 2.24) is 9.55 Å². The molecule has 0 aliphatic carbocycles. The van der Waals surface area contributed by atoms with Crippen molar-refractivity contribution in [3.63, 3.8) is 0 Å². The number of halogens is 1. The van der Waals surface area contributed by atoms with Crippen LogP contribution in [0.3, 0.4) is 0 Å². The zero-order valence-electron chi connectivity index (χ0n) is 11.4. The van der Waals surface area contributed by atoms with E-state index in [0.717, 1.165) is 26.8 Å². The third kappa shape index (κ3) is 2.15. The first-order valence-corrected chi connectivity index (χ1v) is 7.23. The third-order valence-electron chi connectivity index (χ3n) is 3.62. The lowest BCUT2D eigenvalue weighted by Gasteiger charge is -2.09. The predicted octanol–water partition coefficient (Wildman–Crippen LogP) is 3.90. The fraction of sp³-hybridized carbons (Fsp3) is 0.188. The first-order valence-electron chi connectivity index (χ1n) is 6.44. The van der Waals surface area contributed by atoms with Gasteiger partial charge in [-0.2, -0.15) is 0 Å². The molecule has 1 N–H and O–H groups in total. The molecule has 1 aromatic heterocycles. The maximum absolute atomic E-state index is 9.18. The lowest BCUT2D eigenvalue weighted by molar-refractivity contribution is 0.282. The topological polar surface area (TPSA) is 38.0 Å². The van der Waals surface area contributed by atoms with Crippen LogP contribution < -0.4 is 0 Å². The largest absolute Gasteiger partial charge is 0.392 e. The molecule has 3 aromatic rings. The van der Waals surface area contributed by atoms with E-state index in [4.69, 9.17) is 0 Å². The normalized spacial score (nSPS) is 11.2. The molecule has 0 unspecified atom stereocenters. The van der Waals surface area contributed by atoms with Crippen molar-refractivity contribution in [3.8, 4) is 5.69 Å². The van der Waals surface area contributed by atoms with E-state index in [1.807, 2.05) is 24.5 Å². The highest BCUT2D eigenvalue weighted by atomic mass is 79.9. The smallest absolute Gasteiger partial charge is 0.100 e. The molecule has 0 aliphatic rings. The summed E-state index contributed by atoms with van der Waals surface area (Å²) in [4.78, 5) is 4.47. The van der Waals surface area contributed by atoms with Crippen molar-refractivity contribution >= 4 is 27.0 Å². The van der Waals surface area contributed by atoms with Crippen LogP contribution in [0, 0.1) is 13.8 Å². The number of aromatic nitrogens is 2. The molecule has 0 bridgehead atoms. The summed E-state index contributed by atoms with van der Waals surface area (Å²) in [5.41, 5.74) is 6.49. The van der Waals surface area contributed by atoms with E-state index >= 15 is 0 Å². The second-order valence-electron chi connectivity index (χ2n) is 4.98. The number of rotatable bonds is 2. The number of hydrogen-bond acceptors (Lipinski definition) is 2. The number of fused-ring (bicyclic) bond motifs is 1. The number of aliphatic hydroxyl groups is 1. The number of aryl methyl sites for hydroxylation is 2. The van der Waals surface area contributed by atoms with Crippen LogP contribution >= 0.6 is 15.9 Å². The number of aliphatic hydroxyl groups excluding tert-OH is 1. The average Bonchev–Trinajstić information content (AvgIpc) is 2.82. The number of hydrogen-bond donors (Lipinski definition) is 1. The van der Waals surface area contributed by atoms with Gasteiger partial charge in [0.05, 0.1) is 23.3 Å². The Bertz CT molecular complexity index is 793. The van der Waals surface area contributed by atoms with Gasteiger partial charge in [0.15, 0.2) is 0 Å². The monoisotopic (exact) mass is 330 g/mol.